The third-order valence-electron chi connectivity index (χ3n) is 4.86. The number of nitrogens with one attached hydrogen (secondary N) is 1. The SMILES string of the molecule is O=C(O)CN1CCN(CC(=O)O)CCN(Cc2cn[nH]n2)CCN(CC(=O)O)CC1. The Balaban J connectivity index is 2.11. The van der Waals surface area contributed by atoms with Crippen molar-refractivity contribution in [2.75, 3.05) is 72.0 Å². The van der Waals surface area contributed by atoms with Gasteiger partial charge in [-0.3, -0.25) is 34.0 Å². The first-order valence-corrected chi connectivity index (χ1v) is 9.71. The van der Waals surface area contributed by atoms with Crippen LogP contribution in [-0.4, -0.2) is 140 Å². The number of aliphatic carboxylic acids is 3. The third-order valence-corrected chi connectivity index (χ3v) is 4.86. The lowest BCUT2D eigenvalue weighted by atomic mass is 10.3. The second-order valence-corrected chi connectivity index (χ2v) is 7.25. The van der Waals surface area contributed by atoms with Gasteiger partial charge in [-0.1, -0.05) is 0 Å². The topological polar surface area (TPSA) is 166 Å². The Bertz CT molecular complexity index is 654. The van der Waals surface area contributed by atoms with E-state index in [0.717, 1.165) is 5.69 Å². The van der Waals surface area contributed by atoms with Crippen LogP contribution in [0.1, 0.15) is 5.69 Å². The van der Waals surface area contributed by atoms with Crippen molar-refractivity contribution in [1.82, 2.24) is 35.0 Å². The van der Waals surface area contributed by atoms with Gasteiger partial charge in [-0.25, -0.2) is 0 Å². The molecule has 30 heavy (non-hydrogen) atoms. The van der Waals surface area contributed by atoms with Crippen LogP contribution < -0.4 is 0 Å². The predicted octanol–water partition coefficient (Wildman–Crippen LogP) is -2.22. The molecule has 1 aromatic heterocycles. The summed E-state index contributed by atoms with van der Waals surface area (Å²) < 4.78 is 0. The van der Waals surface area contributed by atoms with E-state index in [0.29, 0.717) is 58.9 Å². The average molecular weight is 427 g/mol. The first kappa shape index (κ1) is 23.7. The largest absolute Gasteiger partial charge is 0.480 e. The van der Waals surface area contributed by atoms with Gasteiger partial charge in [0.1, 0.15) is 0 Å². The van der Waals surface area contributed by atoms with E-state index >= 15 is 0 Å². The fourth-order valence-corrected chi connectivity index (χ4v) is 3.32. The van der Waals surface area contributed by atoms with Crippen molar-refractivity contribution in [3.63, 3.8) is 0 Å². The summed E-state index contributed by atoms with van der Waals surface area (Å²) in [5.74, 6) is -2.86. The molecule has 0 aromatic carbocycles. The highest BCUT2D eigenvalue weighted by molar-refractivity contribution is 5.69. The summed E-state index contributed by atoms with van der Waals surface area (Å²) in [6.07, 6.45) is 1.62. The van der Waals surface area contributed by atoms with Crippen molar-refractivity contribution in [2.24, 2.45) is 0 Å². The molecule has 4 N–H and O–H groups in total. The molecule has 13 heteroatoms. The molecule has 1 aliphatic rings. The van der Waals surface area contributed by atoms with E-state index in [9.17, 15) is 24.6 Å². The molecule has 1 aliphatic heterocycles. The van der Waals surface area contributed by atoms with Gasteiger partial charge < -0.3 is 15.3 Å². The summed E-state index contributed by atoms with van der Waals surface area (Å²) in [6, 6.07) is 0. The molecule has 168 valence electrons. The zero-order valence-electron chi connectivity index (χ0n) is 16.8. The van der Waals surface area contributed by atoms with E-state index in [1.807, 2.05) is 0 Å². The van der Waals surface area contributed by atoms with Gasteiger partial charge in [-0.2, -0.15) is 15.4 Å². The summed E-state index contributed by atoms with van der Waals surface area (Å²) in [5, 5.41) is 38.0. The Kier molecular flexibility index (Phi) is 9.60. The van der Waals surface area contributed by atoms with Crippen molar-refractivity contribution in [1.29, 1.82) is 0 Å². The molecule has 1 aromatic rings. The number of hydrogen-bond acceptors (Lipinski definition) is 9. The van der Waals surface area contributed by atoms with Crippen molar-refractivity contribution in [3.8, 4) is 0 Å². The number of aromatic nitrogens is 3. The molecule has 0 radical (unpaired) electrons. The standard InChI is InChI=1S/C17H29N7O6/c25-15(26)11-22-3-1-21(10-14-9-18-20-19-14)2-4-23(12-16(27)28)6-8-24(7-5-22)13-17(29)30/h9H,1-8,10-13H2,(H,25,26)(H,27,28)(H,29,30)(H,18,19,20). The van der Waals surface area contributed by atoms with Gasteiger partial charge in [0.2, 0.25) is 0 Å². The normalized spacial score (nSPS) is 19.1. The molecule has 0 spiro atoms. The summed E-state index contributed by atoms with van der Waals surface area (Å²) in [4.78, 5) is 41.0. The Morgan fingerprint density at radius 1 is 0.733 bits per heavy atom. The van der Waals surface area contributed by atoms with Gasteiger partial charge in [0.05, 0.1) is 31.5 Å². The van der Waals surface area contributed by atoms with Crippen LogP contribution in [0.4, 0.5) is 0 Å². The second kappa shape index (κ2) is 12.2. The fourth-order valence-electron chi connectivity index (χ4n) is 3.32. The minimum Gasteiger partial charge on any atom is -0.480 e. The van der Waals surface area contributed by atoms with Crippen molar-refractivity contribution in [3.05, 3.63) is 11.9 Å². The number of hydrogen-bond donors (Lipinski definition) is 4. The first-order valence-electron chi connectivity index (χ1n) is 9.71. The maximum absolute atomic E-state index is 11.2. The van der Waals surface area contributed by atoms with Crippen LogP contribution in [0, 0.1) is 0 Å². The van der Waals surface area contributed by atoms with Gasteiger partial charge in [0.25, 0.3) is 0 Å². The quantitative estimate of drug-likeness (QED) is 0.353. The molecule has 1 saturated heterocycles. The van der Waals surface area contributed by atoms with Crippen LogP contribution >= 0.6 is 0 Å². The number of aromatic amines is 1. The van der Waals surface area contributed by atoms with Gasteiger partial charge in [0, 0.05) is 58.9 Å². The lowest BCUT2D eigenvalue weighted by Gasteiger charge is -2.32. The lowest BCUT2D eigenvalue weighted by Crippen LogP contribution is -2.48. The molecule has 0 saturated carbocycles. The smallest absolute Gasteiger partial charge is 0.317 e. The summed E-state index contributed by atoms with van der Waals surface area (Å²) >= 11 is 0. The highest BCUT2D eigenvalue weighted by atomic mass is 16.4. The Labute approximate surface area is 173 Å². The molecule has 0 bridgehead atoms. The van der Waals surface area contributed by atoms with E-state index in [2.05, 4.69) is 20.3 Å². The van der Waals surface area contributed by atoms with E-state index in [1.54, 1.807) is 20.9 Å². The van der Waals surface area contributed by atoms with E-state index in [1.165, 1.54) is 0 Å². The van der Waals surface area contributed by atoms with Crippen molar-refractivity contribution in [2.45, 2.75) is 6.54 Å². The molecule has 1 fully saturated rings. The van der Waals surface area contributed by atoms with Gasteiger partial charge >= 0.3 is 17.9 Å². The second-order valence-electron chi connectivity index (χ2n) is 7.25. The number of rotatable bonds is 8. The van der Waals surface area contributed by atoms with Crippen LogP contribution in [0.25, 0.3) is 0 Å². The van der Waals surface area contributed by atoms with Crippen LogP contribution in [-0.2, 0) is 20.9 Å². The zero-order valence-corrected chi connectivity index (χ0v) is 16.8. The van der Waals surface area contributed by atoms with Gasteiger partial charge in [-0.15, -0.1) is 0 Å². The fraction of sp³-hybridized carbons (Fsp3) is 0.706. The van der Waals surface area contributed by atoms with E-state index in [-0.39, 0.29) is 19.6 Å². The van der Waals surface area contributed by atoms with Gasteiger partial charge in [0.15, 0.2) is 0 Å². The minimum atomic E-state index is -0.976. The molecular weight excluding hydrogens is 398 g/mol. The molecule has 13 nitrogen and oxygen atoms in total. The third kappa shape index (κ3) is 9.26. The lowest BCUT2D eigenvalue weighted by molar-refractivity contribution is -0.140. The molecule has 0 unspecified atom stereocenters. The van der Waals surface area contributed by atoms with E-state index < -0.39 is 17.9 Å². The number of nitrogens with zero attached hydrogens (tertiary/aromatic N) is 6. The predicted molar refractivity (Wildman–Crippen MR) is 104 cm³/mol. The summed E-state index contributed by atoms with van der Waals surface area (Å²) in [7, 11) is 0. The summed E-state index contributed by atoms with van der Waals surface area (Å²) in [5.41, 5.74) is 0.740. The molecule has 2 heterocycles. The molecule has 2 rings (SSSR count). The number of carbonyl (C=O) groups is 3. The maximum Gasteiger partial charge on any atom is 0.317 e. The highest BCUT2D eigenvalue weighted by Crippen LogP contribution is 2.04. The zero-order chi connectivity index (χ0) is 21.9. The number of carboxylic acids is 3. The first-order chi connectivity index (χ1) is 14.3. The van der Waals surface area contributed by atoms with Crippen LogP contribution in [0.15, 0.2) is 6.20 Å². The van der Waals surface area contributed by atoms with E-state index in [4.69, 9.17) is 5.11 Å². The van der Waals surface area contributed by atoms with Crippen molar-refractivity contribution < 1.29 is 29.7 Å². The Morgan fingerprint density at radius 2 is 1.10 bits per heavy atom. The van der Waals surface area contributed by atoms with Crippen LogP contribution in [0.2, 0.25) is 0 Å². The Hall–Kier alpha value is -2.61. The highest BCUT2D eigenvalue weighted by Gasteiger charge is 2.20. The number of carboxylic acid groups (broad SMARTS) is 3. The number of H-pyrrole nitrogens is 1. The maximum atomic E-state index is 11.2. The van der Waals surface area contributed by atoms with Crippen molar-refractivity contribution >= 4 is 17.9 Å². The monoisotopic (exact) mass is 427 g/mol. The molecular formula is C17H29N7O6. The minimum absolute atomic E-state index is 0.135. The van der Waals surface area contributed by atoms with Gasteiger partial charge in [-0.05, 0) is 0 Å². The average Bonchev–Trinajstić information content (AvgIpc) is 3.15. The summed E-state index contributed by atoms with van der Waals surface area (Å²) in [6.45, 7) is 3.67. The molecule has 0 aliphatic carbocycles. The molecule has 0 amide bonds. The van der Waals surface area contributed by atoms with Crippen LogP contribution in [0.5, 0.6) is 0 Å². The Morgan fingerprint density at radius 3 is 1.40 bits per heavy atom. The molecule has 0 atom stereocenters. The van der Waals surface area contributed by atoms with Crippen LogP contribution in [0.3, 0.4) is 0 Å².